The molecule has 1 aliphatic rings. The van der Waals surface area contributed by atoms with Crippen LogP contribution in [0.4, 0.5) is 0 Å². The third kappa shape index (κ3) is 7.61. The van der Waals surface area contributed by atoms with Crippen molar-refractivity contribution in [2.75, 3.05) is 39.5 Å². The molecule has 3 N–H and O–H groups in total. The zero-order valence-corrected chi connectivity index (χ0v) is 15.5. The third-order valence-electron chi connectivity index (χ3n) is 3.88. The Bertz CT molecular complexity index is 519. The predicted octanol–water partition coefficient (Wildman–Crippen LogP) is 2.12. The van der Waals surface area contributed by atoms with E-state index in [4.69, 9.17) is 21.1 Å². The number of rotatable bonds is 9. The number of guanidine groups is 1. The van der Waals surface area contributed by atoms with Crippen LogP contribution in [0.15, 0.2) is 29.3 Å². The number of halogens is 1. The highest BCUT2D eigenvalue weighted by atomic mass is 35.5. The van der Waals surface area contributed by atoms with Crippen LogP contribution in [0.3, 0.4) is 0 Å². The van der Waals surface area contributed by atoms with Crippen LogP contribution < -0.4 is 10.6 Å². The lowest BCUT2D eigenvalue weighted by molar-refractivity contribution is 0.0420. The molecule has 1 aromatic carbocycles. The molecule has 0 amide bonds. The molecule has 0 spiro atoms. The summed E-state index contributed by atoms with van der Waals surface area (Å²) in [7, 11) is 0. The SMILES string of the molecule is CCNC(=NCC(O)c1ccc(Cl)cc1)NCCCOC1CCOC1. The largest absolute Gasteiger partial charge is 0.386 e. The van der Waals surface area contributed by atoms with Gasteiger partial charge in [-0.25, -0.2) is 0 Å². The topological polar surface area (TPSA) is 75.1 Å². The summed E-state index contributed by atoms with van der Waals surface area (Å²) in [5.74, 6) is 0.694. The minimum atomic E-state index is -0.654. The number of hydrogen-bond acceptors (Lipinski definition) is 4. The Morgan fingerprint density at radius 2 is 2.20 bits per heavy atom. The highest BCUT2D eigenvalue weighted by molar-refractivity contribution is 6.30. The molecule has 140 valence electrons. The molecule has 1 aliphatic heterocycles. The number of benzene rings is 1. The summed E-state index contributed by atoms with van der Waals surface area (Å²) in [5.41, 5.74) is 0.802. The lowest BCUT2D eigenvalue weighted by Gasteiger charge is -2.14. The van der Waals surface area contributed by atoms with Crippen LogP contribution in [0.1, 0.15) is 31.4 Å². The Labute approximate surface area is 154 Å². The van der Waals surface area contributed by atoms with Crippen molar-refractivity contribution in [2.24, 2.45) is 4.99 Å². The van der Waals surface area contributed by atoms with Crippen molar-refractivity contribution in [3.05, 3.63) is 34.9 Å². The molecule has 1 saturated heterocycles. The molecule has 2 rings (SSSR count). The molecule has 25 heavy (non-hydrogen) atoms. The summed E-state index contributed by atoms with van der Waals surface area (Å²) in [5, 5.41) is 17.3. The monoisotopic (exact) mass is 369 g/mol. The van der Waals surface area contributed by atoms with E-state index < -0.39 is 6.10 Å². The van der Waals surface area contributed by atoms with Crippen molar-refractivity contribution in [1.29, 1.82) is 0 Å². The fraction of sp³-hybridized carbons (Fsp3) is 0.611. The Balaban J connectivity index is 1.70. The fourth-order valence-corrected chi connectivity index (χ4v) is 2.61. The molecular weight excluding hydrogens is 342 g/mol. The van der Waals surface area contributed by atoms with Gasteiger partial charge in [-0.15, -0.1) is 0 Å². The number of aliphatic hydroxyl groups is 1. The van der Waals surface area contributed by atoms with Crippen molar-refractivity contribution < 1.29 is 14.6 Å². The van der Waals surface area contributed by atoms with Gasteiger partial charge in [0.05, 0.1) is 25.4 Å². The number of nitrogens with zero attached hydrogens (tertiary/aromatic N) is 1. The molecule has 1 heterocycles. The van der Waals surface area contributed by atoms with Gasteiger partial charge < -0.3 is 25.2 Å². The number of aliphatic hydroxyl groups excluding tert-OH is 1. The first-order valence-electron chi connectivity index (χ1n) is 8.84. The molecule has 0 bridgehead atoms. The Hall–Kier alpha value is -1.34. The van der Waals surface area contributed by atoms with E-state index in [1.807, 2.05) is 19.1 Å². The minimum Gasteiger partial charge on any atom is -0.386 e. The van der Waals surface area contributed by atoms with Crippen LogP contribution in [0.2, 0.25) is 5.02 Å². The van der Waals surface area contributed by atoms with Gasteiger partial charge in [0.15, 0.2) is 5.96 Å². The van der Waals surface area contributed by atoms with E-state index in [1.54, 1.807) is 12.1 Å². The lowest BCUT2D eigenvalue weighted by atomic mass is 10.1. The molecule has 0 radical (unpaired) electrons. The summed E-state index contributed by atoms with van der Waals surface area (Å²) in [4.78, 5) is 4.44. The zero-order chi connectivity index (χ0) is 17.9. The quantitative estimate of drug-likeness (QED) is 0.353. The van der Waals surface area contributed by atoms with Crippen molar-refractivity contribution in [1.82, 2.24) is 10.6 Å². The Kier molecular flexibility index (Phi) is 9.04. The summed E-state index contributed by atoms with van der Waals surface area (Å²) in [6.45, 7) is 6.03. The van der Waals surface area contributed by atoms with Crippen molar-refractivity contribution in [3.63, 3.8) is 0 Å². The van der Waals surface area contributed by atoms with Crippen LogP contribution in [-0.4, -0.2) is 56.6 Å². The number of hydrogen-bond donors (Lipinski definition) is 3. The molecule has 1 aromatic rings. The average Bonchev–Trinajstić information content (AvgIpc) is 3.13. The standard InChI is InChI=1S/C18H28ClN3O3/c1-2-20-18(21-9-3-10-25-16-8-11-24-13-16)22-12-17(23)14-4-6-15(19)7-5-14/h4-7,16-17,23H,2-3,8-13H2,1H3,(H2,20,21,22). The van der Waals surface area contributed by atoms with Crippen LogP contribution in [0.25, 0.3) is 0 Å². The maximum Gasteiger partial charge on any atom is 0.191 e. The van der Waals surface area contributed by atoms with Crippen LogP contribution in [0.5, 0.6) is 0 Å². The molecule has 7 heteroatoms. The van der Waals surface area contributed by atoms with Gasteiger partial charge >= 0.3 is 0 Å². The van der Waals surface area contributed by atoms with Gasteiger partial charge in [0.2, 0.25) is 0 Å². The normalized spacial score (nSPS) is 19.0. The van der Waals surface area contributed by atoms with E-state index in [1.165, 1.54) is 0 Å². The second-order valence-corrected chi connectivity index (χ2v) is 6.36. The zero-order valence-electron chi connectivity index (χ0n) is 14.7. The first-order chi connectivity index (χ1) is 12.2. The Morgan fingerprint density at radius 1 is 1.40 bits per heavy atom. The molecule has 2 atom stereocenters. The van der Waals surface area contributed by atoms with E-state index in [-0.39, 0.29) is 12.6 Å². The summed E-state index contributed by atoms with van der Waals surface area (Å²) in [6, 6.07) is 7.16. The van der Waals surface area contributed by atoms with Crippen LogP contribution >= 0.6 is 11.6 Å². The first kappa shape index (κ1) is 20.0. The van der Waals surface area contributed by atoms with Gasteiger partial charge in [-0.2, -0.15) is 0 Å². The molecule has 2 unspecified atom stereocenters. The first-order valence-corrected chi connectivity index (χ1v) is 9.22. The van der Waals surface area contributed by atoms with Crippen LogP contribution in [0, 0.1) is 0 Å². The number of ether oxygens (including phenoxy) is 2. The van der Waals surface area contributed by atoms with Gasteiger partial charge in [0.25, 0.3) is 0 Å². The summed E-state index contributed by atoms with van der Waals surface area (Å²) < 4.78 is 11.0. The molecule has 0 aromatic heterocycles. The van der Waals surface area contributed by atoms with Gasteiger partial charge in [0, 0.05) is 31.3 Å². The van der Waals surface area contributed by atoms with Gasteiger partial charge in [0.1, 0.15) is 0 Å². The minimum absolute atomic E-state index is 0.247. The third-order valence-corrected chi connectivity index (χ3v) is 4.13. The summed E-state index contributed by atoms with van der Waals surface area (Å²) >= 11 is 5.86. The van der Waals surface area contributed by atoms with E-state index in [9.17, 15) is 5.11 Å². The van der Waals surface area contributed by atoms with E-state index in [0.717, 1.165) is 38.1 Å². The molecular formula is C18H28ClN3O3. The average molecular weight is 370 g/mol. The molecule has 0 saturated carbocycles. The van der Waals surface area contributed by atoms with Gasteiger partial charge in [-0.05, 0) is 37.5 Å². The Morgan fingerprint density at radius 3 is 2.88 bits per heavy atom. The molecule has 1 fully saturated rings. The van der Waals surface area contributed by atoms with E-state index >= 15 is 0 Å². The molecule has 0 aliphatic carbocycles. The highest BCUT2D eigenvalue weighted by Gasteiger charge is 2.15. The van der Waals surface area contributed by atoms with Crippen molar-refractivity contribution in [2.45, 2.75) is 32.0 Å². The van der Waals surface area contributed by atoms with Crippen molar-refractivity contribution >= 4 is 17.6 Å². The number of nitrogens with one attached hydrogen (secondary N) is 2. The van der Waals surface area contributed by atoms with Crippen LogP contribution in [-0.2, 0) is 9.47 Å². The predicted molar refractivity (Wildman–Crippen MR) is 100 cm³/mol. The van der Waals surface area contributed by atoms with E-state index in [2.05, 4.69) is 15.6 Å². The van der Waals surface area contributed by atoms with E-state index in [0.29, 0.717) is 24.2 Å². The second kappa shape index (κ2) is 11.3. The smallest absolute Gasteiger partial charge is 0.191 e. The number of aliphatic imine (C=N–C) groups is 1. The van der Waals surface area contributed by atoms with Gasteiger partial charge in [-0.3, -0.25) is 4.99 Å². The maximum absolute atomic E-state index is 10.2. The fourth-order valence-electron chi connectivity index (χ4n) is 2.48. The summed E-state index contributed by atoms with van der Waals surface area (Å²) in [6.07, 6.45) is 1.47. The maximum atomic E-state index is 10.2. The molecule has 6 nitrogen and oxygen atoms in total. The van der Waals surface area contributed by atoms with Gasteiger partial charge in [-0.1, -0.05) is 23.7 Å². The van der Waals surface area contributed by atoms with Crippen molar-refractivity contribution in [3.8, 4) is 0 Å². The highest BCUT2D eigenvalue weighted by Crippen LogP contribution is 2.16. The lowest BCUT2D eigenvalue weighted by Crippen LogP contribution is -2.38. The second-order valence-electron chi connectivity index (χ2n) is 5.92.